The summed E-state index contributed by atoms with van der Waals surface area (Å²) in [7, 11) is 0. The van der Waals surface area contributed by atoms with Gasteiger partial charge < -0.3 is 4.90 Å². The second-order valence-electron chi connectivity index (χ2n) is 15.5. The number of rotatable bonds is 4. The highest BCUT2D eigenvalue weighted by atomic mass is 15.1. The fraction of sp³-hybridized carbons (Fsp3) is 0.0357. The summed E-state index contributed by atoms with van der Waals surface area (Å²) in [4.78, 5) is 2.51. The van der Waals surface area contributed by atoms with Gasteiger partial charge in [0.2, 0.25) is 0 Å². The monoisotopic (exact) mass is 723 g/mol. The lowest BCUT2D eigenvalue weighted by Gasteiger charge is -2.50. The third-order valence-electron chi connectivity index (χ3n) is 12.9. The van der Waals surface area contributed by atoms with E-state index >= 15 is 0 Å². The molecule has 1 heteroatoms. The third-order valence-corrected chi connectivity index (χ3v) is 12.9. The van der Waals surface area contributed by atoms with Gasteiger partial charge in [0.05, 0.1) is 16.5 Å². The van der Waals surface area contributed by atoms with Gasteiger partial charge in [-0.15, -0.1) is 0 Å². The number of anilines is 3. The van der Waals surface area contributed by atoms with Gasteiger partial charge in [0.25, 0.3) is 0 Å². The van der Waals surface area contributed by atoms with Crippen molar-refractivity contribution in [2.45, 2.75) is 10.8 Å². The number of nitrogens with zero attached hydrogens (tertiary/aromatic N) is 1. The van der Waals surface area contributed by atoms with E-state index in [0.717, 1.165) is 11.4 Å². The topological polar surface area (TPSA) is 3.24 Å². The Labute approximate surface area is 333 Å². The maximum atomic E-state index is 2.51. The molecule has 3 aliphatic carbocycles. The molecule has 1 nitrogen and oxygen atoms in total. The minimum atomic E-state index is -0.607. The molecule has 0 radical (unpaired) electrons. The van der Waals surface area contributed by atoms with Crippen LogP contribution < -0.4 is 4.90 Å². The van der Waals surface area contributed by atoms with Gasteiger partial charge in [-0.2, -0.15) is 0 Å². The van der Waals surface area contributed by atoms with Crippen molar-refractivity contribution in [2.75, 3.05) is 4.90 Å². The summed E-state index contributed by atoms with van der Waals surface area (Å²) in [5, 5.41) is 0. The van der Waals surface area contributed by atoms with Crippen molar-refractivity contribution in [1.29, 1.82) is 0 Å². The van der Waals surface area contributed by atoms with Crippen LogP contribution in [0.15, 0.2) is 224 Å². The van der Waals surface area contributed by atoms with Gasteiger partial charge in [0.15, 0.2) is 0 Å². The second-order valence-corrected chi connectivity index (χ2v) is 15.5. The van der Waals surface area contributed by atoms with Gasteiger partial charge in [0.1, 0.15) is 0 Å². The minimum Gasteiger partial charge on any atom is -0.310 e. The number of hydrogen-bond donors (Lipinski definition) is 0. The average molecular weight is 724 g/mol. The van der Waals surface area contributed by atoms with E-state index < -0.39 is 10.8 Å². The van der Waals surface area contributed by atoms with Crippen LogP contribution in [0.3, 0.4) is 0 Å². The Morgan fingerprint density at radius 1 is 0.246 bits per heavy atom. The summed E-state index contributed by atoms with van der Waals surface area (Å²) >= 11 is 0. The first-order valence-electron chi connectivity index (χ1n) is 19.9. The molecule has 0 aromatic heterocycles. The van der Waals surface area contributed by atoms with E-state index in [2.05, 4.69) is 229 Å². The van der Waals surface area contributed by atoms with Crippen LogP contribution in [0.5, 0.6) is 0 Å². The number of para-hydroxylation sites is 1. The van der Waals surface area contributed by atoms with Crippen LogP contribution in [0.4, 0.5) is 17.1 Å². The molecule has 9 aromatic carbocycles. The SMILES string of the molecule is c1ccc(-c2ccc(N(c3ccccc3)c3cccc4c3C3(c5ccccc5-c5ccccc53)c3ccccc3C43c4ccccc4-c4ccccc43)cc2)cc1. The molecular formula is C56H37N. The summed E-state index contributed by atoms with van der Waals surface area (Å²) in [5.41, 5.74) is 20.5. The fourth-order valence-corrected chi connectivity index (χ4v) is 10.9. The van der Waals surface area contributed by atoms with Crippen molar-refractivity contribution in [3.8, 4) is 33.4 Å². The predicted molar refractivity (Wildman–Crippen MR) is 235 cm³/mol. The van der Waals surface area contributed by atoms with Crippen molar-refractivity contribution >= 4 is 17.1 Å². The number of benzene rings is 9. The molecule has 0 N–H and O–H groups in total. The van der Waals surface area contributed by atoms with E-state index in [0.29, 0.717) is 0 Å². The molecule has 0 amide bonds. The van der Waals surface area contributed by atoms with Crippen molar-refractivity contribution in [2.24, 2.45) is 0 Å². The molecule has 3 aliphatic rings. The van der Waals surface area contributed by atoms with Crippen LogP contribution in [0.1, 0.15) is 44.5 Å². The number of fused-ring (bicyclic) bond motifs is 16. The van der Waals surface area contributed by atoms with Gasteiger partial charge in [-0.1, -0.05) is 194 Å². The van der Waals surface area contributed by atoms with Crippen molar-refractivity contribution in [3.63, 3.8) is 0 Å². The Hall–Kier alpha value is -7.22. The Morgan fingerprint density at radius 3 is 1.14 bits per heavy atom. The summed E-state index contributed by atoms with van der Waals surface area (Å²) in [5.74, 6) is 0. The van der Waals surface area contributed by atoms with E-state index in [9.17, 15) is 0 Å². The van der Waals surface area contributed by atoms with Gasteiger partial charge >= 0.3 is 0 Å². The Balaban J connectivity index is 1.26. The molecule has 266 valence electrons. The lowest BCUT2D eigenvalue weighted by atomic mass is 9.52. The van der Waals surface area contributed by atoms with E-state index in [-0.39, 0.29) is 0 Å². The zero-order valence-corrected chi connectivity index (χ0v) is 31.3. The van der Waals surface area contributed by atoms with Gasteiger partial charge in [-0.25, -0.2) is 0 Å². The van der Waals surface area contributed by atoms with E-state index in [4.69, 9.17) is 0 Å². The largest absolute Gasteiger partial charge is 0.310 e. The molecule has 0 fully saturated rings. The molecule has 0 aliphatic heterocycles. The average Bonchev–Trinajstić information content (AvgIpc) is 3.75. The van der Waals surface area contributed by atoms with E-state index in [1.807, 2.05) is 0 Å². The summed E-state index contributed by atoms with van der Waals surface area (Å²) in [6, 6.07) is 83.8. The van der Waals surface area contributed by atoms with E-state index in [1.165, 1.54) is 83.6 Å². The molecule has 2 spiro atoms. The van der Waals surface area contributed by atoms with Crippen molar-refractivity contribution in [1.82, 2.24) is 0 Å². The molecule has 9 aromatic rings. The van der Waals surface area contributed by atoms with Crippen LogP contribution in [-0.2, 0) is 10.8 Å². The maximum Gasteiger partial charge on any atom is 0.0740 e. The van der Waals surface area contributed by atoms with Crippen LogP contribution in [0, 0.1) is 0 Å². The van der Waals surface area contributed by atoms with Crippen LogP contribution >= 0.6 is 0 Å². The van der Waals surface area contributed by atoms with Crippen molar-refractivity contribution < 1.29 is 0 Å². The first-order valence-corrected chi connectivity index (χ1v) is 19.9. The molecule has 0 saturated heterocycles. The van der Waals surface area contributed by atoms with Gasteiger partial charge in [-0.3, -0.25) is 0 Å². The standard InChI is InChI=1S/C56H37N/c1-3-18-38(19-4-1)39-34-36-41(37-35-39)57(40-20-5-2-6-21-40)53-33-17-32-52-54(53)56(48-28-13-9-24-44(48)45-25-10-14-29-49(45)56)51-31-16-15-30-50(51)55(52)46-26-11-7-22-42(46)43-23-8-12-27-47(43)55/h1-37H. The number of hydrogen-bond acceptors (Lipinski definition) is 1. The highest BCUT2D eigenvalue weighted by Crippen LogP contribution is 2.69. The highest BCUT2D eigenvalue weighted by molar-refractivity contribution is 5.97. The molecular weight excluding hydrogens is 687 g/mol. The molecule has 0 heterocycles. The van der Waals surface area contributed by atoms with E-state index in [1.54, 1.807) is 0 Å². The normalized spacial score (nSPS) is 14.2. The smallest absolute Gasteiger partial charge is 0.0740 e. The van der Waals surface area contributed by atoms with Crippen molar-refractivity contribution in [3.05, 3.63) is 269 Å². The summed E-state index contributed by atoms with van der Waals surface area (Å²) in [6.45, 7) is 0. The fourth-order valence-electron chi connectivity index (χ4n) is 10.9. The lowest BCUT2D eigenvalue weighted by Crippen LogP contribution is -2.44. The van der Waals surface area contributed by atoms with Crippen LogP contribution in [-0.4, -0.2) is 0 Å². The minimum absolute atomic E-state index is 0.549. The zero-order valence-electron chi connectivity index (χ0n) is 31.3. The Kier molecular flexibility index (Phi) is 6.83. The molecule has 57 heavy (non-hydrogen) atoms. The maximum absolute atomic E-state index is 2.51. The molecule has 0 saturated carbocycles. The predicted octanol–water partition coefficient (Wildman–Crippen LogP) is 13.9. The zero-order chi connectivity index (χ0) is 37.6. The van der Waals surface area contributed by atoms with Gasteiger partial charge in [-0.05, 0) is 103 Å². The molecule has 0 unspecified atom stereocenters. The molecule has 12 rings (SSSR count). The first-order chi connectivity index (χ1) is 28.3. The molecule has 0 atom stereocenters. The van der Waals surface area contributed by atoms with Crippen LogP contribution in [0.25, 0.3) is 33.4 Å². The third kappa shape index (κ3) is 4.18. The molecule has 0 bridgehead atoms. The Morgan fingerprint density at radius 2 is 0.614 bits per heavy atom. The Bertz CT molecular complexity index is 2920. The van der Waals surface area contributed by atoms with Crippen LogP contribution in [0.2, 0.25) is 0 Å². The quantitative estimate of drug-likeness (QED) is 0.175. The second kappa shape index (κ2) is 12.1. The summed E-state index contributed by atoms with van der Waals surface area (Å²) < 4.78 is 0. The lowest BCUT2D eigenvalue weighted by molar-refractivity contribution is 0.633. The highest BCUT2D eigenvalue weighted by Gasteiger charge is 2.60. The first kappa shape index (κ1) is 32.1. The van der Waals surface area contributed by atoms with Gasteiger partial charge in [0, 0.05) is 16.9 Å². The summed E-state index contributed by atoms with van der Waals surface area (Å²) in [6.07, 6.45) is 0.